The summed E-state index contributed by atoms with van der Waals surface area (Å²) in [4.78, 5) is 24.4. The zero-order valence-electron chi connectivity index (χ0n) is 36.7. The van der Waals surface area contributed by atoms with Gasteiger partial charge < -0.3 is 20.3 Å². The zero-order chi connectivity index (χ0) is 40.1. The van der Waals surface area contributed by atoms with Gasteiger partial charge in [-0.1, -0.05) is 205 Å². The highest BCUT2D eigenvalue weighted by Crippen LogP contribution is 2.15. The van der Waals surface area contributed by atoms with E-state index < -0.39 is 12.1 Å². The van der Waals surface area contributed by atoms with Gasteiger partial charge in [0.2, 0.25) is 5.91 Å². The molecule has 55 heavy (non-hydrogen) atoms. The topological polar surface area (TPSA) is 95.9 Å². The molecule has 0 spiro atoms. The molecule has 0 radical (unpaired) electrons. The number of carbonyl (C=O) groups excluding carboxylic acids is 2. The number of hydrogen-bond donors (Lipinski definition) is 3. The molecule has 0 aliphatic rings. The number of unbranched alkanes of at least 4 members (excludes halogenated alkanes) is 31. The van der Waals surface area contributed by atoms with Crippen molar-refractivity contribution in [2.75, 3.05) is 13.2 Å². The van der Waals surface area contributed by atoms with Crippen LogP contribution in [0.25, 0.3) is 0 Å². The van der Waals surface area contributed by atoms with Gasteiger partial charge in [-0.15, -0.1) is 0 Å². The molecule has 0 saturated carbocycles. The van der Waals surface area contributed by atoms with E-state index in [2.05, 4.69) is 31.3 Å². The van der Waals surface area contributed by atoms with E-state index in [1.807, 2.05) is 6.08 Å². The van der Waals surface area contributed by atoms with Gasteiger partial charge in [0.15, 0.2) is 0 Å². The third-order valence-electron chi connectivity index (χ3n) is 11.0. The predicted octanol–water partition coefficient (Wildman–Crippen LogP) is 14.0. The Morgan fingerprint density at radius 1 is 0.491 bits per heavy atom. The van der Waals surface area contributed by atoms with E-state index in [1.54, 1.807) is 6.08 Å². The number of carbonyl (C=O) groups is 2. The summed E-state index contributed by atoms with van der Waals surface area (Å²) in [6.07, 6.45) is 51.7. The maximum absolute atomic E-state index is 12.3. The van der Waals surface area contributed by atoms with Crippen LogP contribution in [-0.4, -0.2) is 47.4 Å². The molecule has 0 rings (SSSR count). The molecule has 0 aliphatic heterocycles. The summed E-state index contributed by atoms with van der Waals surface area (Å²) in [6, 6.07) is -0.639. The zero-order valence-corrected chi connectivity index (χ0v) is 36.7. The molecule has 0 heterocycles. The minimum atomic E-state index is -0.854. The Bertz CT molecular complexity index is 858. The normalized spacial score (nSPS) is 12.9. The lowest BCUT2D eigenvalue weighted by atomic mass is 10.0. The highest BCUT2D eigenvalue weighted by atomic mass is 16.5. The van der Waals surface area contributed by atoms with E-state index in [1.165, 1.54) is 167 Å². The third-order valence-corrected chi connectivity index (χ3v) is 11.0. The number of nitrogens with one attached hydrogen (secondary N) is 1. The summed E-state index contributed by atoms with van der Waals surface area (Å²) in [5, 5.41) is 22.9. The van der Waals surface area contributed by atoms with Crippen LogP contribution >= 0.6 is 0 Å². The van der Waals surface area contributed by atoms with Crippen molar-refractivity contribution in [1.82, 2.24) is 5.32 Å². The van der Waals surface area contributed by atoms with Crippen LogP contribution in [-0.2, 0) is 14.3 Å². The number of esters is 1. The van der Waals surface area contributed by atoms with E-state index in [0.717, 1.165) is 57.8 Å². The third kappa shape index (κ3) is 41.8. The van der Waals surface area contributed by atoms with E-state index in [-0.39, 0.29) is 18.5 Å². The average Bonchev–Trinajstić information content (AvgIpc) is 3.18. The summed E-state index contributed by atoms with van der Waals surface area (Å²) < 4.78 is 5.46. The van der Waals surface area contributed by atoms with Gasteiger partial charge in [-0.2, -0.15) is 0 Å². The second kappa shape index (κ2) is 45.0. The Hall–Kier alpha value is -1.66. The first kappa shape index (κ1) is 53.3. The average molecular weight is 776 g/mol. The first-order valence-electron chi connectivity index (χ1n) is 24.1. The van der Waals surface area contributed by atoms with Gasteiger partial charge in [0.1, 0.15) is 0 Å². The first-order chi connectivity index (χ1) is 27.0. The van der Waals surface area contributed by atoms with Crippen LogP contribution in [0.15, 0.2) is 24.3 Å². The Labute approximate surface area is 341 Å². The molecule has 0 saturated heterocycles. The van der Waals surface area contributed by atoms with E-state index >= 15 is 0 Å². The standard InChI is InChI=1S/C49H93NO5/c1-3-5-7-9-11-13-14-15-16-17-18-19-20-23-27-31-35-39-43-49(54)55-44-40-36-32-28-24-21-22-26-30-34-38-42-48(53)50-46(45-51)47(52)41-37-33-29-25-12-10-8-6-4-2/h16-17,37,41,46-47,51-52H,3-15,18-36,38-40,42-45H2,1-2H3,(H,50,53)/b17-16-,41-37+. The lowest BCUT2D eigenvalue weighted by molar-refractivity contribution is -0.143. The smallest absolute Gasteiger partial charge is 0.305 e. The lowest BCUT2D eigenvalue weighted by Gasteiger charge is -2.20. The molecule has 6 nitrogen and oxygen atoms in total. The van der Waals surface area contributed by atoms with Gasteiger partial charge in [-0.3, -0.25) is 9.59 Å². The van der Waals surface area contributed by atoms with Crippen LogP contribution < -0.4 is 5.32 Å². The number of ether oxygens (including phenoxy) is 1. The van der Waals surface area contributed by atoms with Gasteiger partial charge >= 0.3 is 5.97 Å². The van der Waals surface area contributed by atoms with Crippen LogP contribution in [0.3, 0.4) is 0 Å². The quantitative estimate of drug-likeness (QED) is 0.0325. The van der Waals surface area contributed by atoms with Crippen LogP contribution in [0.5, 0.6) is 0 Å². The van der Waals surface area contributed by atoms with Crippen molar-refractivity contribution in [2.24, 2.45) is 0 Å². The van der Waals surface area contributed by atoms with Crippen molar-refractivity contribution in [1.29, 1.82) is 0 Å². The van der Waals surface area contributed by atoms with Crippen LogP contribution in [0, 0.1) is 0 Å². The molecule has 0 aromatic carbocycles. The van der Waals surface area contributed by atoms with E-state index in [9.17, 15) is 19.8 Å². The number of rotatable bonds is 44. The van der Waals surface area contributed by atoms with E-state index in [4.69, 9.17) is 4.74 Å². The molecule has 6 heteroatoms. The minimum Gasteiger partial charge on any atom is -0.466 e. The number of hydrogen-bond acceptors (Lipinski definition) is 5. The minimum absolute atomic E-state index is 0.0194. The van der Waals surface area contributed by atoms with Crippen molar-refractivity contribution in [2.45, 2.75) is 264 Å². The fourth-order valence-electron chi connectivity index (χ4n) is 7.21. The van der Waals surface area contributed by atoms with Crippen molar-refractivity contribution < 1.29 is 24.5 Å². The van der Waals surface area contributed by atoms with Crippen molar-refractivity contribution in [3.8, 4) is 0 Å². The monoisotopic (exact) mass is 776 g/mol. The Morgan fingerprint density at radius 3 is 1.29 bits per heavy atom. The lowest BCUT2D eigenvalue weighted by Crippen LogP contribution is -2.45. The Kier molecular flexibility index (Phi) is 43.7. The van der Waals surface area contributed by atoms with Crippen molar-refractivity contribution >= 4 is 11.9 Å². The molecule has 0 fully saturated rings. The number of aliphatic hydroxyl groups is 2. The molecule has 1 amide bonds. The number of amides is 1. The summed E-state index contributed by atoms with van der Waals surface area (Å²) in [5.41, 5.74) is 0. The maximum atomic E-state index is 12.3. The molecular formula is C49H93NO5. The van der Waals surface area contributed by atoms with Gasteiger partial charge in [0.25, 0.3) is 0 Å². The second-order valence-corrected chi connectivity index (χ2v) is 16.4. The van der Waals surface area contributed by atoms with Crippen LogP contribution in [0.4, 0.5) is 0 Å². The fraction of sp³-hybridized carbons (Fsp3) is 0.878. The highest BCUT2D eigenvalue weighted by Gasteiger charge is 2.18. The van der Waals surface area contributed by atoms with Crippen LogP contribution in [0.1, 0.15) is 251 Å². The molecule has 0 bridgehead atoms. The molecule has 2 atom stereocenters. The molecule has 3 N–H and O–H groups in total. The summed E-state index contributed by atoms with van der Waals surface area (Å²) in [5.74, 6) is -0.110. The van der Waals surface area contributed by atoms with Gasteiger partial charge in [0, 0.05) is 12.8 Å². The Balaban J connectivity index is 3.46. The molecule has 0 aromatic rings. The van der Waals surface area contributed by atoms with Crippen LogP contribution in [0.2, 0.25) is 0 Å². The molecule has 2 unspecified atom stereocenters. The molecule has 0 aromatic heterocycles. The molecular weight excluding hydrogens is 683 g/mol. The SMILES string of the molecule is CCCCCCCCC/C=C\CCCCCCCCCC(=O)OCCCCCCCCCCCCCC(=O)NC(CO)C(O)/C=C/CCCCCCCCC. The highest BCUT2D eigenvalue weighted by molar-refractivity contribution is 5.76. The number of aliphatic hydroxyl groups excluding tert-OH is 2. The maximum Gasteiger partial charge on any atom is 0.305 e. The molecule has 0 aliphatic carbocycles. The second-order valence-electron chi connectivity index (χ2n) is 16.4. The van der Waals surface area contributed by atoms with Gasteiger partial charge in [-0.25, -0.2) is 0 Å². The van der Waals surface area contributed by atoms with Crippen molar-refractivity contribution in [3.63, 3.8) is 0 Å². The predicted molar refractivity (Wildman–Crippen MR) is 236 cm³/mol. The Morgan fingerprint density at radius 2 is 0.855 bits per heavy atom. The van der Waals surface area contributed by atoms with Gasteiger partial charge in [0.05, 0.1) is 25.4 Å². The molecule has 324 valence electrons. The summed E-state index contributed by atoms with van der Waals surface area (Å²) in [7, 11) is 0. The van der Waals surface area contributed by atoms with Crippen molar-refractivity contribution in [3.05, 3.63) is 24.3 Å². The first-order valence-corrected chi connectivity index (χ1v) is 24.1. The van der Waals surface area contributed by atoms with E-state index in [0.29, 0.717) is 19.4 Å². The summed E-state index contributed by atoms with van der Waals surface area (Å²) in [6.45, 7) is 4.82. The largest absolute Gasteiger partial charge is 0.466 e. The number of allylic oxidation sites excluding steroid dienone is 3. The fourth-order valence-corrected chi connectivity index (χ4v) is 7.21. The summed E-state index contributed by atoms with van der Waals surface area (Å²) >= 11 is 0. The van der Waals surface area contributed by atoms with Gasteiger partial charge in [-0.05, 0) is 57.8 Å².